The molecule has 0 atom stereocenters. The zero-order valence-corrected chi connectivity index (χ0v) is 16.6. The van der Waals surface area contributed by atoms with Gasteiger partial charge in [-0.15, -0.1) is 0 Å². The first kappa shape index (κ1) is 18.8. The van der Waals surface area contributed by atoms with Gasteiger partial charge in [-0.25, -0.2) is 13.1 Å². The summed E-state index contributed by atoms with van der Waals surface area (Å²) >= 11 is 3.29. The second kappa shape index (κ2) is 6.91. The zero-order chi connectivity index (χ0) is 16.3. The van der Waals surface area contributed by atoms with Crippen LogP contribution in [-0.4, -0.2) is 29.9 Å². The molecule has 0 saturated carbocycles. The molecule has 4 nitrogen and oxygen atoms in total. The molecule has 0 fully saturated rings. The lowest BCUT2D eigenvalue weighted by Crippen LogP contribution is -2.42. The number of halogens is 1. The third-order valence-electron chi connectivity index (χ3n) is 3.79. The quantitative estimate of drug-likeness (QED) is 0.591. The summed E-state index contributed by atoms with van der Waals surface area (Å²) in [4.78, 5) is 0.262. The minimum atomic E-state index is -3.47. The van der Waals surface area contributed by atoms with E-state index in [2.05, 4.69) is 54.5 Å². The fourth-order valence-electron chi connectivity index (χ4n) is 1.40. The lowest BCUT2D eigenvalue weighted by atomic mass is 10.2. The molecule has 0 amide bonds. The molecule has 7 heteroatoms. The predicted octanol–water partition coefficient (Wildman–Crippen LogP) is 3.75. The van der Waals surface area contributed by atoms with Crippen molar-refractivity contribution in [2.45, 2.75) is 43.8 Å². The average Bonchev–Trinajstić information content (AvgIpc) is 2.34. The van der Waals surface area contributed by atoms with Crippen LogP contribution in [-0.2, 0) is 14.4 Å². The van der Waals surface area contributed by atoms with Gasteiger partial charge in [-0.2, -0.15) is 0 Å². The Balaban J connectivity index is 2.54. The molecule has 1 aromatic carbocycles. The Morgan fingerprint density at radius 1 is 1.19 bits per heavy atom. The largest absolute Gasteiger partial charge is 0.415 e. The van der Waals surface area contributed by atoms with Gasteiger partial charge in [0.15, 0.2) is 8.32 Å². The van der Waals surface area contributed by atoms with E-state index in [1.165, 1.54) is 0 Å². The Kier molecular flexibility index (Phi) is 6.20. The first-order valence-electron chi connectivity index (χ1n) is 6.85. The molecule has 21 heavy (non-hydrogen) atoms. The van der Waals surface area contributed by atoms with Crippen molar-refractivity contribution in [3.8, 4) is 0 Å². The van der Waals surface area contributed by atoms with E-state index in [-0.39, 0.29) is 16.5 Å². The second-order valence-corrected chi connectivity index (χ2v) is 14.0. The van der Waals surface area contributed by atoms with Crippen LogP contribution in [0.1, 0.15) is 20.8 Å². The number of sulfonamides is 1. The van der Waals surface area contributed by atoms with Crippen molar-refractivity contribution in [3.63, 3.8) is 0 Å². The molecule has 1 rings (SSSR count). The summed E-state index contributed by atoms with van der Waals surface area (Å²) in [5.74, 6) is 0. The van der Waals surface area contributed by atoms with Crippen molar-refractivity contribution in [1.82, 2.24) is 4.72 Å². The van der Waals surface area contributed by atoms with E-state index in [4.69, 9.17) is 4.43 Å². The van der Waals surface area contributed by atoms with E-state index in [0.717, 1.165) is 4.47 Å². The van der Waals surface area contributed by atoms with Crippen LogP contribution in [0.5, 0.6) is 0 Å². The molecule has 0 unspecified atom stereocenters. The fourth-order valence-corrected chi connectivity index (χ4v) is 3.72. The fraction of sp³-hybridized carbons (Fsp3) is 0.571. The summed E-state index contributed by atoms with van der Waals surface area (Å²) in [6, 6.07) is 6.56. The van der Waals surface area contributed by atoms with Gasteiger partial charge >= 0.3 is 0 Å². The summed E-state index contributed by atoms with van der Waals surface area (Å²) in [5.41, 5.74) is 0. The minimum Gasteiger partial charge on any atom is -0.415 e. The third-order valence-corrected chi connectivity index (χ3v) is 10.3. The van der Waals surface area contributed by atoms with Crippen molar-refractivity contribution in [3.05, 3.63) is 28.7 Å². The van der Waals surface area contributed by atoms with Crippen LogP contribution in [0, 0.1) is 0 Å². The van der Waals surface area contributed by atoms with Crippen LogP contribution in [0.25, 0.3) is 0 Å². The molecule has 0 spiro atoms. The molecule has 1 aromatic rings. The molecule has 0 aromatic heterocycles. The van der Waals surface area contributed by atoms with E-state index in [1.807, 2.05) is 0 Å². The summed E-state index contributed by atoms with van der Waals surface area (Å²) in [5, 5.41) is 0.123. The molecule has 0 heterocycles. The monoisotopic (exact) mass is 393 g/mol. The first-order valence-corrected chi connectivity index (χ1v) is 12.0. The minimum absolute atomic E-state index is 0.123. The van der Waals surface area contributed by atoms with Crippen molar-refractivity contribution in [2.75, 3.05) is 13.2 Å². The average molecular weight is 394 g/mol. The highest BCUT2D eigenvalue weighted by Gasteiger charge is 2.36. The highest BCUT2D eigenvalue weighted by Crippen LogP contribution is 2.36. The van der Waals surface area contributed by atoms with Crippen molar-refractivity contribution in [2.24, 2.45) is 0 Å². The van der Waals surface area contributed by atoms with Gasteiger partial charge in [-0.05, 0) is 42.4 Å². The molecule has 0 aliphatic rings. The molecule has 1 N–H and O–H groups in total. The molecule has 0 radical (unpaired) electrons. The van der Waals surface area contributed by atoms with E-state index >= 15 is 0 Å². The van der Waals surface area contributed by atoms with Gasteiger partial charge in [0.25, 0.3) is 0 Å². The summed E-state index contributed by atoms with van der Waals surface area (Å²) in [6.45, 7) is 11.4. The van der Waals surface area contributed by atoms with E-state index in [0.29, 0.717) is 6.61 Å². The van der Waals surface area contributed by atoms with Gasteiger partial charge in [0.1, 0.15) is 0 Å². The summed E-state index contributed by atoms with van der Waals surface area (Å²) in [7, 11) is -5.29. The normalized spacial score (nSPS) is 13.4. The molecule has 0 bridgehead atoms. The predicted molar refractivity (Wildman–Crippen MR) is 92.5 cm³/mol. The van der Waals surface area contributed by atoms with Crippen LogP contribution in [0.2, 0.25) is 18.1 Å². The zero-order valence-electron chi connectivity index (χ0n) is 13.2. The Morgan fingerprint density at radius 3 is 2.19 bits per heavy atom. The number of hydrogen-bond donors (Lipinski definition) is 1. The van der Waals surface area contributed by atoms with Crippen molar-refractivity contribution < 1.29 is 12.8 Å². The van der Waals surface area contributed by atoms with Gasteiger partial charge in [0.05, 0.1) is 4.90 Å². The standard InChI is InChI=1S/C14H24BrNO3SSi/c1-14(2,3)21(4,5)19-11-10-16-20(17,18)13-8-6-12(15)7-9-13/h6-9,16H,10-11H2,1-5H3. The maximum atomic E-state index is 12.1. The Morgan fingerprint density at radius 2 is 1.71 bits per heavy atom. The van der Waals surface area contributed by atoms with Crippen molar-refractivity contribution in [1.29, 1.82) is 0 Å². The van der Waals surface area contributed by atoms with Crippen LogP contribution < -0.4 is 4.72 Å². The van der Waals surface area contributed by atoms with Gasteiger partial charge in [-0.3, -0.25) is 0 Å². The highest BCUT2D eigenvalue weighted by atomic mass is 79.9. The lowest BCUT2D eigenvalue weighted by molar-refractivity contribution is 0.293. The number of nitrogens with one attached hydrogen (secondary N) is 1. The SMILES string of the molecule is CC(C)(C)[Si](C)(C)OCCNS(=O)(=O)c1ccc(Br)cc1. The van der Waals surface area contributed by atoms with E-state index in [1.54, 1.807) is 24.3 Å². The van der Waals surface area contributed by atoms with Gasteiger partial charge in [0, 0.05) is 17.6 Å². The number of benzene rings is 1. The van der Waals surface area contributed by atoms with Gasteiger partial charge in [0.2, 0.25) is 10.0 Å². The molecule has 0 saturated heterocycles. The topological polar surface area (TPSA) is 55.4 Å². The Bertz CT molecular complexity index is 565. The molecule has 0 aliphatic heterocycles. The molecular weight excluding hydrogens is 370 g/mol. The second-order valence-electron chi connectivity index (χ2n) is 6.46. The molecule has 120 valence electrons. The number of hydrogen-bond acceptors (Lipinski definition) is 3. The maximum Gasteiger partial charge on any atom is 0.240 e. The van der Waals surface area contributed by atoms with Crippen molar-refractivity contribution >= 4 is 34.3 Å². The Hall–Kier alpha value is -0.213. The smallest absolute Gasteiger partial charge is 0.240 e. The van der Waals surface area contributed by atoms with E-state index in [9.17, 15) is 8.42 Å². The summed E-state index contributed by atoms with van der Waals surface area (Å²) < 4.78 is 33.6. The summed E-state index contributed by atoms with van der Waals surface area (Å²) in [6.07, 6.45) is 0. The van der Waals surface area contributed by atoms with Gasteiger partial charge in [-0.1, -0.05) is 36.7 Å². The van der Waals surface area contributed by atoms with Crippen LogP contribution >= 0.6 is 15.9 Å². The van der Waals surface area contributed by atoms with Crippen LogP contribution in [0.3, 0.4) is 0 Å². The van der Waals surface area contributed by atoms with Gasteiger partial charge < -0.3 is 4.43 Å². The maximum absolute atomic E-state index is 12.1. The number of rotatable bonds is 6. The van der Waals surface area contributed by atoms with Crippen LogP contribution in [0.4, 0.5) is 0 Å². The Labute approximate surface area is 137 Å². The molecule has 0 aliphatic carbocycles. The molecular formula is C14H24BrNO3SSi. The van der Waals surface area contributed by atoms with Crippen LogP contribution in [0.15, 0.2) is 33.6 Å². The highest BCUT2D eigenvalue weighted by molar-refractivity contribution is 9.10. The lowest BCUT2D eigenvalue weighted by Gasteiger charge is -2.36. The van der Waals surface area contributed by atoms with E-state index < -0.39 is 18.3 Å². The first-order chi connectivity index (χ1) is 9.46. The third kappa shape index (κ3) is 5.48.